The molecule has 0 saturated carbocycles. The van der Waals surface area contributed by atoms with Crippen molar-refractivity contribution in [3.05, 3.63) is 65.9 Å². The van der Waals surface area contributed by atoms with Crippen LogP contribution in [0.5, 0.6) is 0 Å². The van der Waals surface area contributed by atoms with Gasteiger partial charge in [0.15, 0.2) is 0 Å². The van der Waals surface area contributed by atoms with E-state index in [1.165, 1.54) is 18.3 Å². The molecule has 2 aromatic carbocycles. The zero-order valence-corrected chi connectivity index (χ0v) is 16.9. The molecule has 0 bridgehead atoms. The topological polar surface area (TPSA) is 54.0 Å². The highest BCUT2D eigenvalue weighted by Gasteiger charge is 2.30. The maximum Gasteiger partial charge on any atom is 0.416 e. The zero-order valence-electron chi connectivity index (χ0n) is 16.9. The average molecular weight is 415 g/mol. The summed E-state index contributed by atoms with van der Waals surface area (Å²) < 4.78 is 38.5. The standard InChI is InChI=1S/C23H24F3N3O/c1-3-27-12-11-15(2)29-22(30)18-13-17-5-4-6-20(21(17)28-14-18)16-7-9-19(10-8-16)23(24,25)26/h4-10,13-15,27H,3,11-12H2,1-2H3,(H,29,30)/t15-/m1/s1. The first-order valence-electron chi connectivity index (χ1n) is 9.87. The van der Waals surface area contributed by atoms with Crippen molar-refractivity contribution in [3.8, 4) is 11.1 Å². The van der Waals surface area contributed by atoms with Crippen molar-refractivity contribution in [2.24, 2.45) is 0 Å². The van der Waals surface area contributed by atoms with Crippen molar-refractivity contribution in [2.45, 2.75) is 32.5 Å². The van der Waals surface area contributed by atoms with Crippen LogP contribution < -0.4 is 10.6 Å². The van der Waals surface area contributed by atoms with Crippen LogP contribution in [0.2, 0.25) is 0 Å². The highest BCUT2D eigenvalue weighted by atomic mass is 19.4. The van der Waals surface area contributed by atoms with Gasteiger partial charge in [0.05, 0.1) is 16.6 Å². The first-order chi connectivity index (χ1) is 14.3. The zero-order chi connectivity index (χ0) is 21.7. The van der Waals surface area contributed by atoms with Gasteiger partial charge < -0.3 is 10.6 Å². The van der Waals surface area contributed by atoms with Gasteiger partial charge in [-0.25, -0.2) is 0 Å². The summed E-state index contributed by atoms with van der Waals surface area (Å²) in [5, 5.41) is 6.94. The van der Waals surface area contributed by atoms with Gasteiger partial charge in [-0.1, -0.05) is 37.3 Å². The van der Waals surface area contributed by atoms with Crippen LogP contribution in [0.1, 0.15) is 36.2 Å². The van der Waals surface area contributed by atoms with Gasteiger partial charge in [-0.3, -0.25) is 9.78 Å². The van der Waals surface area contributed by atoms with Crippen molar-refractivity contribution in [1.82, 2.24) is 15.6 Å². The molecule has 0 aliphatic rings. The predicted octanol–water partition coefficient (Wildman–Crippen LogP) is 5.04. The van der Waals surface area contributed by atoms with Crippen LogP contribution >= 0.6 is 0 Å². The lowest BCUT2D eigenvalue weighted by molar-refractivity contribution is -0.137. The Morgan fingerprint density at radius 1 is 1.13 bits per heavy atom. The summed E-state index contributed by atoms with van der Waals surface area (Å²) >= 11 is 0. The lowest BCUT2D eigenvalue weighted by Gasteiger charge is -2.14. The molecule has 1 atom stereocenters. The molecule has 1 heterocycles. The van der Waals surface area contributed by atoms with Crippen molar-refractivity contribution in [2.75, 3.05) is 13.1 Å². The second-order valence-corrected chi connectivity index (χ2v) is 7.19. The molecule has 0 aliphatic heterocycles. The largest absolute Gasteiger partial charge is 0.416 e. The highest BCUT2D eigenvalue weighted by molar-refractivity contribution is 6.00. The summed E-state index contributed by atoms with van der Waals surface area (Å²) in [6.45, 7) is 5.69. The molecule has 2 N–H and O–H groups in total. The van der Waals surface area contributed by atoms with Crippen LogP contribution in [-0.2, 0) is 6.18 Å². The molecule has 0 unspecified atom stereocenters. The second-order valence-electron chi connectivity index (χ2n) is 7.19. The number of alkyl halides is 3. The Morgan fingerprint density at radius 3 is 2.53 bits per heavy atom. The number of carbonyl (C=O) groups excluding carboxylic acids is 1. The number of nitrogens with zero attached hydrogens (tertiary/aromatic N) is 1. The number of halogens is 3. The van der Waals surface area contributed by atoms with Crippen molar-refractivity contribution in [3.63, 3.8) is 0 Å². The molecular weight excluding hydrogens is 391 g/mol. The van der Waals surface area contributed by atoms with Gasteiger partial charge in [-0.2, -0.15) is 13.2 Å². The number of para-hydroxylation sites is 1. The summed E-state index contributed by atoms with van der Waals surface area (Å²) in [4.78, 5) is 17.0. The van der Waals surface area contributed by atoms with Crippen LogP contribution in [0.25, 0.3) is 22.0 Å². The van der Waals surface area contributed by atoms with E-state index in [9.17, 15) is 18.0 Å². The summed E-state index contributed by atoms with van der Waals surface area (Å²) in [7, 11) is 0. The van der Waals surface area contributed by atoms with Gasteiger partial charge in [0.2, 0.25) is 0 Å². The first-order valence-corrected chi connectivity index (χ1v) is 9.87. The summed E-state index contributed by atoms with van der Waals surface area (Å²) in [5.41, 5.74) is 1.74. The molecular formula is C23H24F3N3O. The molecule has 0 saturated heterocycles. The molecule has 0 spiro atoms. The van der Waals surface area contributed by atoms with Gasteiger partial charge in [0.1, 0.15) is 0 Å². The quantitative estimate of drug-likeness (QED) is 0.532. The molecule has 0 aliphatic carbocycles. The average Bonchev–Trinajstić information content (AvgIpc) is 2.72. The Morgan fingerprint density at radius 2 is 1.87 bits per heavy atom. The van der Waals surface area contributed by atoms with E-state index in [0.29, 0.717) is 22.2 Å². The van der Waals surface area contributed by atoms with E-state index < -0.39 is 11.7 Å². The van der Waals surface area contributed by atoms with Gasteiger partial charge in [-0.15, -0.1) is 0 Å². The molecule has 1 amide bonds. The summed E-state index contributed by atoms with van der Waals surface area (Å²) in [6, 6.07) is 12.2. The number of nitrogens with one attached hydrogen (secondary N) is 2. The monoisotopic (exact) mass is 415 g/mol. The van der Waals surface area contributed by atoms with E-state index in [-0.39, 0.29) is 11.9 Å². The Labute approximate surface area is 173 Å². The van der Waals surface area contributed by atoms with Gasteiger partial charge in [0.25, 0.3) is 5.91 Å². The van der Waals surface area contributed by atoms with Crippen LogP contribution in [0.3, 0.4) is 0 Å². The van der Waals surface area contributed by atoms with E-state index in [2.05, 4.69) is 15.6 Å². The Kier molecular flexibility index (Phi) is 6.72. The Hall–Kier alpha value is -2.93. The molecule has 3 aromatic rings. The minimum Gasteiger partial charge on any atom is -0.349 e. The number of hydrogen-bond acceptors (Lipinski definition) is 3. The lowest BCUT2D eigenvalue weighted by atomic mass is 10.00. The fourth-order valence-electron chi connectivity index (χ4n) is 3.23. The molecule has 3 rings (SSSR count). The summed E-state index contributed by atoms with van der Waals surface area (Å²) in [6.07, 6.45) is -2.05. The number of hydrogen-bond donors (Lipinski definition) is 2. The van der Waals surface area contributed by atoms with Gasteiger partial charge in [-0.05, 0) is 50.2 Å². The third-order valence-corrected chi connectivity index (χ3v) is 4.88. The first kappa shape index (κ1) is 21.8. The SMILES string of the molecule is CCNCC[C@@H](C)NC(=O)c1cnc2c(-c3ccc(C(F)(F)F)cc3)cccc2c1. The van der Waals surface area contributed by atoms with E-state index in [1.54, 1.807) is 18.2 Å². The number of aromatic nitrogens is 1. The maximum absolute atomic E-state index is 12.8. The number of fused-ring (bicyclic) bond motifs is 1. The third kappa shape index (κ3) is 5.16. The smallest absolute Gasteiger partial charge is 0.349 e. The fraction of sp³-hybridized carbons (Fsp3) is 0.304. The lowest BCUT2D eigenvalue weighted by Crippen LogP contribution is -2.35. The molecule has 4 nitrogen and oxygen atoms in total. The fourth-order valence-corrected chi connectivity index (χ4v) is 3.23. The summed E-state index contributed by atoms with van der Waals surface area (Å²) in [5.74, 6) is -0.201. The van der Waals surface area contributed by atoms with Crippen molar-refractivity contribution >= 4 is 16.8 Å². The van der Waals surface area contributed by atoms with Crippen LogP contribution in [-0.4, -0.2) is 30.0 Å². The second kappa shape index (κ2) is 9.26. The van der Waals surface area contributed by atoms with E-state index >= 15 is 0 Å². The van der Waals surface area contributed by atoms with E-state index in [1.807, 2.05) is 19.9 Å². The molecule has 30 heavy (non-hydrogen) atoms. The Bertz CT molecular complexity index is 1020. The minimum atomic E-state index is -4.37. The molecule has 158 valence electrons. The van der Waals surface area contributed by atoms with E-state index in [0.717, 1.165) is 37.0 Å². The number of pyridine rings is 1. The number of carbonyl (C=O) groups is 1. The Balaban J connectivity index is 1.83. The predicted molar refractivity (Wildman–Crippen MR) is 112 cm³/mol. The van der Waals surface area contributed by atoms with Crippen LogP contribution in [0.4, 0.5) is 13.2 Å². The molecule has 0 radical (unpaired) electrons. The maximum atomic E-state index is 12.8. The van der Waals surface area contributed by atoms with Crippen molar-refractivity contribution < 1.29 is 18.0 Å². The number of benzene rings is 2. The minimum absolute atomic E-state index is 0.0192. The van der Waals surface area contributed by atoms with Gasteiger partial charge in [0, 0.05) is 23.2 Å². The van der Waals surface area contributed by atoms with Crippen LogP contribution in [0, 0.1) is 0 Å². The van der Waals surface area contributed by atoms with Crippen molar-refractivity contribution in [1.29, 1.82) is 0 Å². The number of rotatable bonds is 7. The van der Waals surface area contributed by atoms with E-state index in [4.69, 9.17) is 0 Å². The molecule has 0 fully saturated rings. The van der Waals surface area contributed by atoms with Gasteiger partial charge >= 0.3 is 6.18 Å². The molecule has 1 aromatic heterocycles. The number of amides is 1. The third-order valence-electron chi connectivity index (χ3n) is 4.88. The normalized spacial score (nSPS) is 12.7. The van der Waals surface area contributed by atoms with Crippen LogP contribution in [0.15, 0.2) is 54.7 Å². The molecule has 7 heteroatoms. The highest BCUT2D eigenvalue weighted by Crippen LogP contribution is 2.32.